The summed E-state index contributed by atoms with van der Waals surface area (Å²) in [6.45, 7) is 9.66. The molecule has 0 saturated carbocycles. The van der Waals surface area contributed by atoms with Gasteiger partial charge in [0.05, 0.1) is 19.8 Å². The van der Waals surface area contributed by atoms with Crippen molar-refractivity contribution in [2.45, 2.75) is 52.3 Å². The molecule has 0 aliphatic carbocycles. The molecule has 0 spiro atoms. The minimum atomic E-state index is -0.774. The zero-order valence-corrected chi connectivity index (χ0v) is 17.2. The summed E-state index contributed by atoms with van der Waals surface area (Å²) in [7, 11) is 1.24. The number of rotatable bonds is 4. The van der Waals surface area contributed by atoms with Crippen molar-refractivity contribution in [2.24, 2.45) is 5.92 Å². The van der Waals surface area contributed by atoms with Crippen LogP contribution in [0.25, 0.3) is 0 Å². The van der Waals surface area contributed by atoms with E-state index in [2.05, 4.69) is 20.4 Å². The Morgan fingerprint density at radius 1 is 1.32 bits per heavy atom. The van der Waals surface area contributed by atoms with Crippen LogP contribution in [0.5, 0.6) is 0 Å². The van der Waals surface area contributed by atoms with Gasteiger partial charge in [0.25, 0.3) is 5.91 Å². The Morgan fingerprint density at radius 3 is 2.57 bits per heavy atom. The molecule has 0 aromatic carbocycles. The van der Waals surface area contributed by atoms with E-state index >= 15 is 0 Å². The highest BCUT2D eigenvalue weighted by Gasteiger charge is 2.34. The van der Waals surface area contributed by atoms with E-state index in [4.69, 9.17) is 4.74 Å². The molecule has 2 rings (SSSR count). The van der Waals surface area contributed by atoms with Crippen molar-refractivity contribution in [3.05, 3.63) is 18.2 Å². The maximum atomic E-state index is 13.0. The minimum Gasteiger partial charge on any atom is -0.453 e. The molecule has 0 radical (unpaired) electrons. The van der Waals surface area contributed by atoms with E-state index in [0.29, 0.717) is 12.4 Å². The second-order valence-electron chi connectivity index (χ2n) is 7.97. The van der Waals surface area contributed by atoms with Crippen LogP contribution >= 0.6 is 0 Å². The van der Waals surface area contributed by atoms with Gasteiger partial charge in [-0.1, -0.05) is 13.8 Å². The van der Waals surface area contributed by atoms with Crippen LogP contribution in [0, 0.1) is 5.92 Å². The average Bonchev–Trinajstić information content (AvgIpc) is 3.25. The third-order valence-electron chi connectivity index (χ3n) is 4.19. The monoisotopic (exact) mass is 395 g/mol. The number of hydrogen-bond donors (Lipinski definition) is 2. The molecule has 156 valence electrons. The summed E-state index contributed by atoms with van der Waals surface area (Å²) in [6.07, 6.45) is 1.95. The van der Waals surface area contributed by atoms with Crippen molar-refractivity contribution in [1.82, 2.24) is 25.1 Å². The van der Waals surface area contributed by atoms with Gasteiger partial charge >= 0.3 is 12.2 Å². The molecule has 2 atom stereocenters. The molecule has 1 fully saturated rings. The van der Waals surface area contributed by atoms with Gasteiger partial charge in [-0.3, -0.25) is 19.6 Å². The zero-order chi connectivity index (χ0) is 21.1. The summed E-state index contributed by atoms with van der Waals surface area (Å²) in [5.74, 6) is -0.0181. The smallest absolute Gasteiger partial charge is 0.411 e. The molecule has 1 aliphatic rings. The molecule has 1 saturated heterocycles. The number of aromatic nitrogens is 2. The molecule has 0 bridgehead atoms. The molecular formula is C18H29N5O5. The number of carbonyl (C=O) groups excluding carboxylic acids is 3. The van der Waals surface area contributed by atoms with E-state index < -0.39 is 23.8 Å². The van der Waals surface area contributed by atoms with Gasteiger partial charge in [0.15, 0.2) is 0 Å². The summed E-state index contributed by atoms with van der Waals surface area (Å²) in [6, 6.07) is -1.11. The highest BCUT2D eigenvalue weighted by Crippen LogP contribution is 2.21. The lowest BCUT2D eigenvalue weighted by molar-refractivity contribution is 0.0289. The molecule has 10 nitrogen and oxygen atoms in total. The van der Waals surface area contributed by atoms with Crippen LogP contribution in [0.15, 0.2) is 12.4 Å². The maximum absolute atomic E-state index is 13.0. The molecule has 2 amide bonds. The van der Waals surface area contributed by atoms with E-state index in [9.17, 15) is 14.4 Å². The lowest BCUT2D eigenvalue weighted by Crippen LogP contribution is -2.47. The fourth-order valence-electron chi connectivity index (χ4n) is 2.82. The molecule has 1 aliphatic heterocycles. The lowest BCUT2D eigenvalue weighted by atomic mass is 10.0. The predicted molar refractivity (Wildman–Crippen MR) is 101 cm³/mol. The quantitative estimate of drug-likeness (QED) is 0.798. The van der Waals surface area contributed by atoms with Crippen molar-refractivity contribution in [3.63, 3.8) is 0 Å². The van der Waals surface area contributed by atoms with Crippen molar-refractivity contribution >= 4 is 18.1 Å². The number of alkyl carbamates (subject to hydrolysis) is 1. The second-order valence-corrected chi connectivity index (χ2v) is 7.97. The van der Waals surface area contributed by atoms with Crippen molar-refractivity contribution in [3.8, 4) is 0 Å². The van der Waals surface area contributed by atoms with Gasteiger partial charge in [-0.25, -0.2) is 14.6 Å². The van der Waals surface area contributed by atoms with Gasteiger partial charge in [0.2, 0.25) is 0 Å². The Hall–Kier alpha value is -2.62. The number of ether oxygens (including phenoxy) is 2. The Labute approximate surface area is 164 Å². The van der Waals surface area contributed by atoms with Gasteiger partial charge in [-0.05, 0) is 26.7 Å². The van der Waals surface area contributed by atoms with Crippen LogP contribution in [0.1, 0.15) is 51.3 Å². The topological polar surface area (TPSA) is 115 Å². The van der Waals surface area contributed by atoms with Crippen LogP contribution in [-0.4, -0.2) is 64.5 Å². The van der Waals surface area contributed by atoms with Crippen molar-refractivity contribution < 1.29 is 23.9 Å². The Bertz CT molecular complexity index is 724. The number of methoxy groups -OCH3 is 1. The van der Waals surface area contributed by atoms with Gasteiger partial charge in [0.1, 0.15) is 17.5 Å². The molecule has 1 aromatic heterocycles. The summed E-state index contributed by atoms with van der Waals surface area (Å²) < 4.78 is 11.4. The number of hydrogen-bond acceptors (Lipinski definition) is 7. The average molecular weight is 395 g/mol. The molecule has 2 heterocycles. The van der Waals surface area contributed by atoms with E-state index in [0.717, 1.165) is 0 Å². The molecule has 2 N–H and O–H groups in total. The van der Waals surface area contributed by atoms with Crippen LogP contribution in [0.4, 0.5) is 9.59 Å². The third kappa shape index (κ3) is 5.22. The fraction of sp³-hybridized carbons (Fsp3) is 0.667. The Morgan fingerprint density at radius 2 is 2.00 bits per heavy atom. The van der Waals surface area contributed by atoms with Crippen LogP contribution in [-0.2, 0) is 9.47 Å². The Balaban J connectivity index is 2.14. The van der Waals surface area contributed by atoms with Gasteiger partial charge < -0.3 is 14.8 Å². The first-order valence-corrected chi connectivity index (χ1v) is 9.16. The van der Waals surface area contributed by atoms with E-state index in [-0.39, 0.29) is 24.5 Å². The summed E-state index contributed by atoms with van der Waals surface area (Å²) in [5.41, 5.74) is -0.590. The van der Waals surface area contributed by atoms with Crippen molar-refractivity contribution in [1.29, 1.82) is 0 Å². The molecule has 2 unspecified atom stereocenters. The molecule has 28 heavy (non-hydrogen) atoms. The predicted octanol–water partition coefficient (Wildman–Crippen LogP) is 1.74. The highest BCUT2D eigenvalue weighted by molar-refractivity contribution is 5.88. The van der Waals surface area contributed by atoms with Crippen LogP contribution in [0.3, 0.4) is 0 Å². The highest BCUT2D eigenvalue weighted by atomic mass is 16.6. The Kier molecular flexibility index (Phi) is 6.65. The first-order valence-electron chi connectivity index (χ1n) is 9.16. The maximum Gasteiger partial charge on any atom is 0.411 e. The van der Waals surface area contributed by atoms with E-state index in [1.165, 1.54) is 22.8 Å². The van der Waals surface area contributed by atoms with Gasteiger partial charge in [0, 0.05) is 18.9 Å². The van der Waals surface area contributed by atoms with E-state index in [1.807, 2.05) is 13.8 Å². The molecule has 10 heteroatoms. The number of carbonyl (C=O) groups is 3. The number of amides is 2. The number of imidazole rings is 1. The number of nitrogens with zero attached hydrogens (tertiary/aromatic N) is 3. The summed E-state index contributed by atoms with van der Waals surface area (Å²) in [4.78, 5) is 42.7. The fourth-order valence-corrected chi connectivity index (χ4v) is 2.82. The first kappa shape index (κ1) is 21.7. The first-order chi connectivity index (χ1) is 13.0. The number of nitrogens with one attached hydrogen (secondary N) is 2. The van der Waals surface area contributed by atoms with Crippen molar-refractivity contribution in [2.75, 3.05) is 20.3 Å². The molecular weight excluding hydrogens is 366 g/mol. The van der Waals surface area contributed by atoms with E-state index in [1.54, 1.807) is 27.0 Å². The summed E-state index contributed by atoms with van der Waals surface area (Å²) >= 11 is 0. The second kappa shape index (κ2) is 8.59. The minimum absolute atomic E-state index is 0.156. The summed E-state index contributed by atoms with van der Waals surface area (Å²) in [5, 5.41) is 5.73. The van der Waals surface area contributed by atoms with Gasteiger partial charge in [-0.15, -0.1) is 0 Å². The lowest BCUT2D eigenvalue weighted by Gasteiger charge is -2.24. The van der Waals surface area contributed by atoms with Crippen LogP contribution < -0.4 is 10.6 Å². The van der Waals surface area contributed by atoms with Crippen LogP contribution in [0.2, 0.25) is 0 Å². The van der Waals surface area contributed by atoms with Gasteiger partial charge in [-0.2, -0.15) is 0 Å². The molecule has 1 aromatic rings. The SMILES string of the molecule is COC(=O)NC(C(=O)n1ccnc1C1CN(C(=O)OC(C)(C)C)CN1)C(C)C. The standard InChI is InChI=1S/C18H29N5O5/c1-11(2)13(21-16(25)27-6)15(24)23-8-7-19-14(23)12-9-22(10-20-12)17(26)28-18(3,4)5/h7-8,11-13,20H,9-10H2,1-6H3,(H,21,25). The normalized spacial score (nSPS) is 18.1. The zero-order valence-electron chi connectivity index (χ0n) is 17.2. The third-order valence-corrected chi connectivity index (χ3v) is 4.19. The largest absolute Gasteiger partial charge is 0.453 e.